The summed E-state index contributed by atoms with van der Waals surface area (Å²) in [7, 11) is 0. The fourth-order valence-corrected chi connectivity index (χ4v) is 3.75. The highest BCUT2D eigenvalue weighted by Gasteiger charge is 2.20. The van der Waals surface area contributed by atoms with Crippen LogP contribution in [0.3, 0.4) is 0 Å². The lowest BCUT2D eigenvalue weighted by molar-refractivity contribution is 0.553. The van der Waals surface area contributed by atoms with Crippen molar-refractivity contribution in [3.05, 3.63) is 90.1 Å². The molecule has 114 valence electrons. The summed E-state index contributed by atoms with van der Waals surface area (Å²) in [4.78, 5) is 1.15. The zero-order chi connectivity index (χ0) is 15.6. The van der Waals surface area contributed by atoms with Crippen molar-refractivity contribution in [3.8, 4) is 0 Å². The summed E-state index contributed by atoms with van der Waals surface area (Å²) >= 11 is 1.73. The van der Waals surface area contributed by atoms with E-state index in [1.54, 1.807) is 18.0 Å². The number of halogens is 1. The van der Waals surface area contributed by atoms with Crippen molar-refractivity contribution in [3.63, 3.8) is 0 Å². The van der Waals surface area contributed by atoms with Crippen LogP contribution in [0.1, 0.15) is 16.6 Å². The van der Waals surface area contributed by atoms with Crippen LogP contribution in [0.25, 0.3) is 5.70 Å². The van der Waals surface area contributed by atoms with Crippen molar-refractivity contribution in [2.75, 3.05) is 5.32 Å². The number of rotatable bonds is 2. The van der Waals surface area contributed by atoms with E-state index in [2.05, 4.69) is 17.5 Å². The van der Waals surface area contributed by atoms with Gasteiger partial charge in [0.05, 0.1) is 22.9 Å². The van der Waals surface area contributed by atoms with E-state index < -0.39 is 0 Å². The minimum atomic E-state index is -0.221. The van der Waals surface area contributed by atoms with Crippen LogP contribution in [0, 0.1) is 5.82 Å². The van der Waals surface area contributed by atoms with Crippen LogP contribution in [-0.4, -0.2) is 0 Å². The molecule has 4 rings (SSSR count). The number of furan rings is 1. The lowest BCUT2D eigenvalue weighted by atomic mass is 10.1. The fourth-order valence-electron chi connectivity index (χ4n) is 2.57. The van der Waals surface area contributed by atoms with Crippen LogP contribution in [0.15, 0.2) is 82.3 Å². The molecule has 1 aliphatic rings. The molecular weight excluding hydrogens is 309 g/mol. The molecule has 1 N–H and O–H groups in total. The van der Waals surface area contributed by atoms with Gasteiger partial charge in [-0.1, -0.05) is 24.3 Å². The van der Waals surface area contributed by atoms with Gasteiger partial charge in [-0.3, -0.25) is 0 Å². The summed E-state index contributed by atoms with van der Waals surface area (Å²) in [6, 6.07) is 18.6. The number of benzene rings is 2. The van der Waals surface area contributed by atoms with Crippen molar-refractivity contribution < 1.29 is 8.81 Å². The predicted octanol–water partition coefficient (Wildman–Crippen LogP) is 5.72. The summed E-state index contributed by atoms with van der Waals surface area (Å²) in [6.45, 7) is 0. The first-order chi connectivity index (χ1) is 11.3. The van der Waals surface area contributed by atoms with Gasteiger partial charge in [-0.05, 0) is 48.0 Å². The van der Waals surface area contributed by atoms with Crippen LogP contribution in [0.2, 0.25) is 0 Å². The zero-order valence-corrected chi connectivity index (χ0v) is 13.0. The summed E-state index contributed by atoms with van der Waals surface area (Å²) < 4.78 is 18.8. The zero-order valence-electron chi connectivity index (χ0n) is 12.2. The molecule has 0 saturated heterocycles. The van der Waals surface area contributed by atoms with Crippen LogP contribution < -0.4 is 5.32 Å². The highest BCUT2D eigenvalue weighted by molar-refractivity contribution is 7.99. The largest absolute Gasteiger partial charge is 0.463 e. The molecule has 0 amide bonds. The molecule has 0 saturated carbocycles. The first-order valence-electron chi connectivity index (χ1n) is 7.33. The van der Waals surface area contributed by atoms with E-state index in [-0.39, 0.29) is 11.1 Å². The second kappa shape index (κ2) is 5.97. The summed E-state index contributed by atoms with van der Waals surface area (Å²) in [5.74, 6) is 0.565. The molecule has 0 spiro atoms. The van der Waals surface area contributed by atoms with E-state index in [9.17, 15) is 4.39 Å². The molecule has 4 heteroatoms. The molecule has 2 heterocycles. The second-order valence-electron chi connectivity index (χ2n) is 5.27. The Hall–Kier alpha value is -2.46. The molecular formula is C19H14FNOS. The fraction of sp³-hybridized carbons (Fsp3) is 0.0526. The van der Waals surface area contributed by atoms with Gasteiger partial charge in [0.25, 0.3) is 0 Å². The standard InChI is InChI=1S/C19H14FNOS/c20-14-9-7-13(8-10-14)19-12-16(17-5-3-11-22-17)21-15-4-1-2-6-18(15)23-19/h1-12,19,21H. The van der Waals surface area contributed by atoms with Crippen molar-refractivity contribution in [2.24, 2.45) is 0 Å². The monoisotopic (exact) mass is 323 g/mol. The van der Waals surface area contributed by atoms with E-state index in [0.29, 0.717) is 0 Å². The molecule has 1 aliphatic heterocycles. The molecule has 1 atom stereocenters. The van der Waals surface area contributed by atoms with E-state index in [0.717, 1.165) is 27.6 Å². The molecule has 2 nitrogen and oxygen atoms in total. The molecule has 1 aromatic heterocycles. The number of nitrogens with one attached hydrogen (secondary N) is 1. The molecule has 2 aromatic carbocycles. The smallest absolute Gasteiger partial charge is 0.149 e. The second-order valence-corrected chi connectivity index (χ2v) is 6.45. The van der Waals surface area contributed by atoms with E-state index in [4.69, 9.17) is 4.42 Å². The van der Waals surface area contributed by atoms with Crippen molar-refractivity contribution >= 4 is 23.1 Å². The number of anilines is 1. The van der Waals surface area contributed by atoms with Gasteiger partial charge in [0.2, 0.25) is 0 Å². The van der Waals surface area contributed by atoms with Gasteiger partial charge in [0.15, 0.2) is 0 Å². The van der Waals surface area contributed by atoms with Gasteiger partial charge in [0.1, 0.15) is 11.6 Å². The maximum Gasteiger partial charge on any atom is 0.149 e. The number of fused-ring (bicyclic) bond motifs is 1. The Balaban J connectivity index is 1.80. The first-order valence-corrected chi connectivity index (χ1v) is 8.21. The van der Waals surface area contributed by atoms with Crippen molar-refractivity contribution in [1.82, 2.24) is 0 Å². The number of hydrogen-bond acceptors (Lipinski definition) is 3. The Kier molecular flexibility index (Phi) is 3.67. The van der Waals surface area contributed by atoms with Crippen LogP contribution in [-0.2, 0) is 0 Å². The molecule has 0 bridgehead atoms. The third-order valence-corrected chi connectivity index (χ3v) is 4.99. The van der Waals surface area contributed by atoms with Gasteiger partial charge in [-0.15, -0.1) is 11.8 Å². The van der Waals surface area contributed by atoms with Gasteiger partial charge in [-0.2, -0.15) is 0 Å². The maximum atomic E-state index is 13.2. The molecule has 0 radical (unpaired) electrons. The van der Waals surface area contributed by atoms with E-state index >= 15 is 0 Å². The van der Waals surface area contributed by atoms with Crippen molar-refractivity contribution in [1.29, 1.82) is 0 Å². The molecule has 0 aliphatic carbocycles. The number of hydrogen-bond donors (Lipinski definition) is 1. The quantitative estimate of drug-likeness (QED) is 0.653. The Morgan fingerprint density at radius 3 is 2.57 bits per heavy atom. The van der Waals surface area contributed by atoms with Crippen LogP contribution in [0.5, 0.6) is 0 Å². The topological polar surface area (TPSA) is 25.2 Å². The van der Waals surface area contributed by atoms with E-state index in [1.807, 2.05) is 42.5 Å². The lowest BCUT2D eigenvalue weighted by Crippen LogP contribution is -1.98. The minimum absolute atomic E-state index is 0.0758. The minimum Gasteiger partial charge on any atom is -0.463 e. The average Bonchev–Trinajstić information content (AvgIpc) is 3.03. The van der Waals surface area contributed by atoms with E-state index in [1.165, 1.54) is 12.1 Å². The normalized spacial score (nSPS) is 16.9. The Bertz CT molecular complexity index is 840. The lowest BCUT2D eigenvalue weighted by Gasteiger charge is -2.12. The summed E-state index contributed by atoms with van der Waals surface area (Å²) in [6.07, 6.45) is 3.78. The van der Waals surface area contributed by atoms with Crippen LogP contribution >= 0.6 is 11.8 Å². The van der Waals surface area contributed by atoms with Gasteiger partial charge in [-0.25, -0.2) is 4.39 Å². The van der Waals surface area contributed by atoms with Crippen molar-refractivity contribution in [2.45, 2.75) is 10.1 Å². The third-order valence-electron chi connectivity index (χ3n) is 3.71. The summed E-state index contributed by atoms with van der Waals surface area (Å²) in [5, 5.41) is 3.52. The highest BCUT2D eigenvalue weighted by Crippen LogP contribution is 2.44. The highest BCUT2D eigenvalue weighted by atomic mass is 32.2. The third kappa shape index (κ3) is 2.90. The summed E-state index contributed by atoms with van der Waals surface area (Å²) in [5.41, 5.74) is 3.02. The molecule has 23 heavy (non-hydrogen) atoms. The van der Waals surface area contributed by atoms with Gasteiger partial charge >= 0.3 is 0 Å². The van der Waals surface area contributed by atoms with Crippen LogP contribution in [0.4, 0.5) is 10.1 Å². The maximum absolute atomic E-state index is 13.2. The Morgan fingerprint density at radius 1 is 0.957 bits per heavy atom. The molecule has 0 fully saturated rings. The number of thioether (sulfide) groups is 1. The van der Waals surface area contributed by atoms with Gasteiger partial charge in [0, 0.05) is 4.90 Å². The Morgan fingerprint density at radius 2 is 1.78 bits per heavy atom. The molecule has 1 unspecified atom stereocenters. The number of para-hydroxylation sites is 1. The SMILES string of the molecule is Fc1ccc(C2C=C(c3ccco3)Nc3ccccc3S2)cc1. The average molecular weight is 323 g/mol. The first kappa shape index (κ1) is 14.2. The molecule has 3 aromatic rings. The predicted molar refractivity (Wildman–Crippen MR) is 91.7 cm³/mol. The van der Waals surface area contributed by atoms with Gasteiger partial charge < -0.3 is 9.73 Å². The Labute approximate surface area is 138 Å².